The Morgan fingerprint density at radius 3 is 2.55 bits per heavy atom. The summed E-state index contributed by atoms with van der Waals surface area (Å²) in [7, 11) is 0. The van der Waals surface area contributed by atoms with Crippen LogP contribution in [0, 0.1) is 5.82 Å². The van der Waals surface area contributed by atoms with Gasteiger partial charge in [0.25, 0.3) is 0 Å². The first-order valence-corrected chi connectivity index (χ1v) is 7.32. The van der Waals surface area contributed by atoms with Crippen molar-refractivity contribution < 1.29 is 9.50 Å². The third-order valence-corrected chi connectivity index (χ3v) is 3.55. The monoisotopic (exact) mass is 337 g/mol. The Morgan fingerprint density at radius 2 is 1.90 bits per heavy atom. The largest absolute Gasteiger partial charge is 0.396 e. The fourth-order valence-corrected chi connectivity index (χ4v) is 2.67. The average Bonchev–Trinajstić information content (AvgIpc) is 2.43. The molecule has 0 saturated heterocycles. The van der Waals surface area contributed by atoms with E-state index in [4.69, 9.17) is 0 Å². The molecule has 2 N–H and O–H groups in total. The molecule has 2 aromatic rings. The minimum atomic E-state index is -0.255. The average molecular weight is 338 g/mol. The predicted molar refractivity (Wildman–Crippen MR) is 81.8 cm³/mol. The van der Waals surface area contributed by atoms with E-state index >= 15 is 0 Å². The maximum absolute atomic E-state index is 13.3. The summed E-state index contributed by atoms with van der Waals surface area (Å²) in [5.74, 6) is -0.255. The van der Waals surface area contributed by atoms with Gasteiger partial charge in [-0.25, -0.2) is 4.39 Å². The minimum Gasteiger partial charge on any atom is -0.396 e. The zero-order chi connectivity index (χ0) is 14.4. The maximum Gasteiger partial charge on any atom is 0.124 e. The van der Waals surface area contributed by atoms with E-state index in [0.29, 0.717) is 13.0 Å². The van der Waals surface area contributed by atoms with Crippen molar-refractivity contribution >= 4 is 15.9 Å². The van der Waals surface area contributed by atoms with Crippen LogP contribution in [0.4, 0.5) is 4.39 Å². The molecule has 0 spiro atoms. The van der Waals surface area contributed by atoms with E-state index in [9.17, 15) is 9.50 Å². The van der Waals surface area contributed by atoms with Crippen molar-refractivity contribution in [2.75, 3.05) is 6.61 Å². The summed E-state index contributed by atoms with van der Waals surface area (Å²) in [6, 6.07) is 14.8. The number of halogens is 2. The van der Waals surface area contributed by atoms with Crippen LogP contribution in [-0.2, 0) is 6.54 Å². The van der Waals surface area contributed by atoms with E-state index in [1.165, 1.54) is 12.1 Å². The number of nitrogens with one attached hydrogen (secondary N) is 1. The molecule has 0 saturated carbocycles. The third-order valence-electron chi connectivity index (χ3n) is 3.09. The molecular formula is C16H17BrFNO. The molecule has 0 radical (unpaired) electrons. The molecule has 0 aromatic heterocycles. The van der Waals surface area contributed by atoms with E-state index in [0.717, 1.165) is 15.6 Å². The molecule has 1 unspecified atom stereocenters. The van der Waals surface area contributed by atoms with Crippen LogP contribution >= 0.6 is 15.9 Å². The SMILES string of the molecule is OCCC(NCc1cc(F)cc(Br)c1)c1ccccc1. The van der Waals surface area contributed by atoms with Gasteiger partial charge in [0.15, 0.2) is 0 Å². The summed E-state index contributed by atoms with van der Waals surface area (Å²) in [6.07, 6.45) is 0.625. The summed E-state index contributed by atoms with van der Waals surface area (Å²) in [5, 5.41) is 12.5. The molecule has 0 heterocycles. The molecule has 2 rings (SSSR count). The second kappa shape index (κ2) is 7.53. The molecule has 20 heavy (non-hydrogen) atoms. The molecule has 0 fully saturated rings. The van der Waals surface area contributed by atoms with Gasteiger partial charge in [0.2, 0.25) is 0 Å². The first kappa shape index (κ1) is 15.2. The lowest BCUT2D eigenvalue weighted by atomic mass is 10.0. The summed E-state index contributed by atoms with van der Waals surface area (Å²) in [4.78, 5) is 0. The van der Waals surface area contributed by atoms with E-state index in [-0.39, 0.29) is 18.5 Å². The van der Waals surface area contributed by atoms with Crippen LogP contribution in [0.3, 0.4) is 0 Å². The number of hydrogen-bond donors (Lipinski definition) is 2. The van der Waals surface area contributed by atoms with Gasteiger partial charge in [-0.2, -0.15) is 0 Å². The lowest BCUT2D eigenvalue weighted by Crippen LogP contribution is -2.22. The van der Waals surface area contributed by atoms with Crippen molar-refractivity contribution in [1.82, 2.24) is 5.32 Å². The van der Waals surface area contributed by atoms with Crippen molar-refractivity contribution in [2.45, 2.75) is 19.0 Å². The predicted octanol–water partition coefficient (Wildman–Crippen LogP) is 3.80. The molecule has 0 bridgehead atoms. The Labute approximate surface area is 126 Å². The standard InChI is InChI=1S/C16H17BrFNO/c17-14-8-12(9-15(18)10-14)11-19-16(6-7-20)13-4-2-1-3-5-13/h1-5,8-10,16,19-20H,6-7,11H2. The van der Waals surface area contributed by atoms with Crippen LogP contribution < -0.4 is 5.32 Å². The van der Waals surface area contributed by atoms with Crippen LogP contribution in [-0.4, -0.2) is 11.7 Å². The Bertz CT molecular complexity index is 527. The summed E-state index contributed by atoms with van der Waals surface area (Å²) in [5.41, 5.74) is 1.99. The van der Waals surface area contributed by atoms with E-state index < -0.39 is 0 Å². The molecule has 0 aliphatic rings. The van der Waals surface area contributed by atoms with E-state index in [1.807, 2.05) is 36.4 Å². The molecule has 106 valence electrons. The normalized spacial score (nSPS) is 12.3. The van der Waals surface area contributed by atoms with Gasteiger partial charge in [0.05, 0.1) is 0 Å². The van der Waals surface area contributed by atoms with Crippen LogP contribution in [0.1, 0.15) is 23.6 Å². The van der Waals surface area contributed by atoms with Crippen molar-refractivity contribution in [3.8, 4) is 0 Å². The number of aliphatic hydroxyl groups is 1. The lowest BCUT2D eigenvalue weighted by molar-refractivity contribution is 0.265. The number of rotatable bonds is 6. The molecule has 2 aromatic carbocycles. The van der Waals surface area contributed by atoms with Gasteiger partial charge >= 0.3 is 0 Å². The van der Waals surface area contributed by atoms with Crippen molar-refractivity contribution in [3.05, 3.63) is 69.9 Å². The van der Waals surface area contributed by atoms with E-state index in [1.54, 1.807) is 0 Å². The van der Waals surface area contributed by atoms with Crippen molar-refractivity contribution in [2.24, 2.45) is 0 Å². The van der Waals surface area contributed by atoms with Gasteiger partial charge in [-0.1, -0.05) is 46.3 Å². The van der Waals surface area contributed by atoms with Crippen LogP contribution in [0.5, 0.6) is 0 Å². The number of aliphatic hydroxyl groups excluding tert-OH is 1. The van der Waals surface area contributed by atoms with E-state index in [2.05, 4.69) is 21.2 Å². The Morgan fingerprint density at radius 1 is 1.15 bits per heavy atom. The molecule has 0 amide bonds. The highest BCUT2D eigenvalue weighted by molar-refractivity contribution is 9.10. The number of hydrogen-bond acceptors (Lipinski definition) is 2. The highest BCUT2D eigenvalue weighted by Gasteiger charge is 2.10. The quantitative estimate of drug-likeness (QED) is 0.840. The Kier molecular flexibility index (Phi) is 5.71. The van der Waals surface area contributed by atoms with Crippen molar-refractivity contribution in [3.63, 3.8) is 0 Å². The fraction of sp³-hybridized carbons (Fsp3) is 0.250. The lowest BCUT2D eigenvalue weighted by Gasteiger charge is -2.18. The molecule has 1 atom stereocenters. The van der Waals surface area contributed by atoms with Gasteiger partial charge in [0.1, 0.15) is 5.82 Å². The molecular weight excluding hydrogens is 321 g/mol. The fourth-order valence-electron chi connectivity index (χ4n) is 2.16. The molecule has 2 nitrogen and oxygen atoms in total. The topological polar surface area (TPSA) is 32.3 Å². The minimum absolute atomic E-state index is 0.0586. The van der Waals surface area contributed by atoms with Gasteiger partial charge < -0.3 is 10.4 Å². The number of benzene rings is 2. The second-order valence-corrected chi connectivity index (χ2v) is 5.55. The van der Waals surface area contributed by atoms with Crippen LogP contribution in [0.25, 0.3) is 0 Å². The molecule has 4 heteroatoms. The van der Waals surface area contributed by atoms with Gasteiger partial charge in [-0.15, -0.1) is 0 Å². The first-order chi connectivity index (χ1) is 9.69. The Hall–Kier alpha value is -1.23. The van der Waals surface area contributed by atoms with Crippen molar-refractivity contribution in [1.29, 1.82) is 0 Å². The summed E-state index contributed by atoms with van der Waals surface area (Å²) in [6.45, 7) is 0.662. The second-order valence-electron chi connectivity index (χ2n) is 4.63. The summed E-state index contributed by atoms with van der Waals surface area (Å²) >= 11 is 3.29. The third kappa shape index (κ3) is 4.40. The van der Waals surface area contributed by atoms with Gasteiger partial charge in [-0.05, 0) is 35.7 Å². The summed E-state index contributed by atoms with van der Waals surface area (Å²) < 4.78 is 14.1. The Balaban J connectivity index is 2.05. The smallest absolute Gasteiger partial charge is 0.124 e. The highest BCUT2D eigenvalue weighted by atomic mass is 79.9. The molecule has 0 aliphatic carbocycles. The van der Waals surface area contributed by atoms with Crippen LogP contribution in [0.2, 0.25) is 0 Å². The highest BCUT2D eigenvalue weighted by Crippen LogP contribution is 2.19. The van der Waals surface area contributed by atoms with Gasteiger partial charge in [-0.3, -0.25) is 0 Å². The van der Waals surface area contributed by atoms with Gasteiger partial charge in [0, 0.05) is 23.7 Å². The zero-order valence-corrected chi connectivity index (χ0v) is 12.6. The maximum atomic E-state index is 13.3. The zero-order valence-electron chi connectivity index (χ0n) is 11.0. The first-order valence-electron chi connectivity index (χ1n) is 6.53. The van der Waals surface area contributed by atoms with Crippen LogP contribution in [0.15, 0.2) is 53.0 Å². The molecule has 0 aliphatic heterocycles.